The number of fused-ring (bicyclic) bond motifs is 1. The number of aromatic nitrogens is 1. The molecule has 0 aliphatic carbocycles. The summed E-state index contributed by atoms with van der Waals surface area (Å²) in [6.45, 7) is 1.39. The van der Waals surface area contributed by atoms with E-state index in [1.165, 1.54) is 44.4 Å². The van der Waals surface area contributed by atoms with Gasteiger partial charge in [0.25, 0.3) is 0 Å². The molecule has 0 unspecified atom stereocenters. The lowest BCUT2D eigenvalue weighted by Gasteiger charge is -2.11. The Morgan fingerprint density at radius 2 is 1.50 bits per heavy atom. The molecule has 0 spiro atoms. The zero-order valence-electron chi connectivity index (χ0n) is 20.6. The second-order valence-electron chi connectivity index (χ2n) is 8.57. The van der Waals surface area contributed by atoms with Crippen LogP contribution in [-0.4, -0.2) is 29.0 Å². The van der Waals surface area contributed by atoms with E-state index in [4.69, 9.17) is 9.47 Å². The maximum absolute atomic E-state index is 14.8. The van der Waals surface area contributed by atoms with Gasteiger partial charge in [0.05, 0.1) is 29.4 Å². The van der Waals surface area contributed by atoms with Crippen LogP contribution < -0.4 is 4.74 Å². The summed E-state index contributed by atoms with van der Waals surface area (Å²) >= 11 is 0. The van der Waals surface area contributed by atoms with Crippen molar-refractivity contribution in [3.8, 4) is 22.6 Å². The highest BCUT2D eigenvalue weighted by Gasteiger charge is 2.28. The molecular formula is C31H22FNO5. The number of carbonyl (C=O) groups is 3. The quantitative estimate of drug-likeness (QED) is 0.180. The standard InChI is InChI=1S/C31H22FNO5/c1-19(34)29-27(21-13-14-24(32)26(18-21)38-23-11-7-4-8-12-23)28(30(35)20-9-5-3-6-10-20)25-17-22(31(36)37-2)15-16-33(25)29/h3-18H,1-2H3. The summed E-state index contributed by atoms with van der Waals surface area (Å²) in [7, 11) is 1.26. The van der Waals surface area contributed by atoms with Gasteiger partial charge in [-0.2, -0.15) is 0 Å². The molecule has 38 heavy (non-hydrogen) atoms. The highest BCUT2D eigenvalue weighted by atomic mass is 19.1. The van der Waals surface area contributed by atoms with Crippen LogP contribution in [0.3, 0.4) is 0 Å². The SMILES string of the molecule is COC(=O)c1ccn2c(C(C)=O)c(-c3ccc(F)c(Oc4ccccc4)c3)c(C(=O)c3ccccc3)c2c1. The predicted octanol–water partition coefficient (Wildman–Crippen LogP) is 6.76. The number of hydrogen-bond acceptors (Lipinski definition) is 5. The second kappa shape index (κ2) is 10.1. The number of ketones is 2. The zero-order valence-corrected chi connectivity index (χ0v) is 20.6. The maximum Gasteiger partial charge on any atom is 0.337 e. The van der Waals surface area contributed by atoms with Gasteiger partial charge in [-0.15, -0.1) is 0 Å². The van der Waals surface area contributed by atoms with E-state index in [-0.39, 0.29) is 34.1 Å². The minimum atomic E-state index is -0.602. The Labute approximate surface area is 217 Å². The average molecular weight is 508 g/mol. The zero-order chi connectivity index (χ0) is 26.8. The third kappa shape index (κ3) is 4.46. The molecule has 0 radical (unpaired) electrons. The fraction of sp³-hybridized carbons (Fsp3) is 0.0645. The normalized spacial score (nSPS) is 10.8. The van der Waals surface area contributed by atoms with Crippen LogP contribution in [0.4, 0.5) is 4.39 Å². The van der Waals surface area contributed by atoms with Gasteiger partial charge in [-0.1, -0.05) is 54.6 Å². The van der Waals surface area contributed by atoms with Gasteiger partial charge >= 0.3 is 5.97 Å². The van der Waals surface area contributed by atoms with Crippen molar-refractivity contribution in [1.29, 1.82) is 0 Å². The first-order chi connectivity index (χ1) is 18.4. The number of hydrogen-bond donors (Lipinski definition) is 0. The van der Waals surface area contributed by atoms with Crippen molar-refractivity contribution in [3.63, 3.8) is 0 Å². The number of halogens is 1. The number of pyridine rings is 1. The number of ether oxygens (including phenoxy) is 2. The summed E-state index contributed by atoms with van der Waals surface area (Å²) in [4.78, 5) is 39.3. The highest BCUT2D eigenvalue weighted by molar-refractivity contribution is 6.21. The van der Waals surface area contributed by atoms with Crippen molar-refractivity contribution < 1.29 is 28.2 Å². The summed E-state index contributed by atoms with van der Waals surface area (Å²) in [5.74, 6) is -1.49. The Morgan fingerprint density at radius 3 is 2.16 bits per heavy atom. The molecule has 0 saturated heterocycles. The number of nitrogens with zero attached hydrogens (tertiary/aromatic N) is 1. The van der Waals surface area contributed by atoms with E-state index in [1.807, 2.05) is 6.07 Å². The molecule has 0 fully saturated rings. The van der Waals surface area contributed by atoms with E-state index in [9.17, 15) is 18.8 Å². The van der Waals surface area contributed by atoms with Crippen molar-refractivity contribution in [2.24, 2.45) is 0 Å². The van der Waals surface area contributed by atoms with Gasteiger partial charge in [0.2, 0.25) is 0 Å². The van der Waals surface area contributed by atoms with Gasteiger partial charge in [-0.3, -0.25) is 9.59 Å². The smallest absolute Gasteiger partial charge is 0.337 e. The molecule has 5 aromatic rings. The molecule has 188 valence electrons. The average Bonchev–Trinajstić information content (AvgIpc) is 3.29. The number of methoxy groups -OCH3 is 1. The van der Waals surface area contributed by atoms with Gasteiger partial charge in [-0.05, 0) is 42.0 Å². The molecule has 0 N–H and O–H groups in total. The summed E-state index contributed by atoms with van der Waals surface area (Å²) in [5, 5.41) is 0. The van der Waals surface area contributed by atoms with Crippen molar-refractivity contribution in [1.82, 2.24) is 4.40 Å². The lowest BCUT2D eigenvalue weighted by atomic mass is 9.93. The Balaban J connectivity index is 1.81. The minimum absolute atomic E-state index is 0.0631. The molecule has 0 saturated carbocycles. The van der Waals surface area contributed by atoms with Gasteiger partial charge in [0.15, 0.2) is 23.1 Å². The van der Waals surface area contributed by atoms with Crippen LogP contribution in [-0.2, 0) is 4.74 Å². The third-order valence-corrected chi connectivity index (χ3v) is 6.15. The summed E-state index contributed by atoms with van der Waals surface area (Å²) in [6.07, 6.45) is 1.55. The Bertz CT molecular complexity index is 1690. The van der Waals surface area contributed by atoms with Gasteiger partial charge in [0, 0.05) is 24.2 Å². The van der Waals surface area contributed by atoms with Crippen LogP contribution in [0, 0.1) is 5.82 Å². The number of esters is 1. The number of carbonyl (C=O) groups excluding carboxylic acids is 3. The van der Waals surface area contributed by atoms with Gasteiger partial charge in [-0.25, -0.2) is 9.18 Å². The monoisotopic (exact) mass is 507 g/mol. The molecule has 2 heterocycles. The maximum atomic E-state index is 14.8. The lowest BCUT2D eigenvalue weighted by Crippen LogP contribution is -2.05. The summed E-state index contributed by atoms with van der Waals surface area (Å²) < 4.78 is 27.0. The first-order valence-corrected chi connectivity index (χ1v) is 11.8. The fourth-order valence-corrected chi connectivity index (χ4v) is 4.44. The van der Waals surface area contributed by atoms with E-state index < -0.39 is 11.8 Å². The molecule has 0 bridgehead atoms. The van der Waals surface area contributed by atoms with Crippen LogP contribution in [0.25, 0.3) is 16.6 Å². The van der Waals surface area contributed by atoms with E-state index in [0.717, 1.165) is 0 Å². The van der Waals surface area contributed by atoms with Crippen molar-refractivity contribution in [3.05, 3.63) is 125 Å². The summed E-state index contributed by atoms with van der Waals surface area (Å²) in [5.41, 5.74) is 2.08. The van der Waals surface area contributed by atoms with Crippen LogP contribution in [0.1, 0.15) is 43.7 Å². The first-order valence-electron chi connectivity index (χ1n) is 11.8. The molecule has 2 aromatic heterocycles. The molecular weight excluding hydrogens is 485 g/mol. The van der Waals surface area contributed by atoms with Crippen LogP contribution in [0.2, 0.25) is 0 Å². The molecule has 0 aliphatic rings. The van der Waals surface area contributed by atoms with E-state index in [2.05, 4.69) is 0 Å². The Hall–Kier alpha value is -5.04. The second-order valence-corrected chi connectivity index (χ2v) is 8.57. The molecule has 5 rings (SSSR count). The van der Waals surface area contributed by atoms with Crippen LogP contribution >= 0.6 is 0 Å². The van der Waals surface area contributed by atoms with Crippen molar-refractivity contribution in [2.45, 2.75) is 6.92 Å². The Morgan fingerprint density at radius 1 is 0.816 bits per heavy atom. The minimum Gasteiger partial charge on any atom is -0.465 e. The molecule has 0 atom stereocenters. The molecule has 0 aliphatic heterocycles. The summed E-state index contributed by atoms with van der Waals surface area (Å²) in [6, 6.07) is 24.6. The van der Waals surface area contributed by atoms with Gasteiger partial charge < -0.3 is 13.9 Å². The van der Waals surface area contributed by atoms with Crippen molar-refractivity contribution >= 4 is 23.1 Å². The van der Waals surface area contributed by atoms with E-state index in [1.54, 1.807) is 65.2 Å². The number of benzene rings is 3. The fourth-order valence-electron chi connectivity index (χ4n) is 4.44. The number of para-hydroxylation sites is 1. The van der Waals surface area contributed by atoms with Crippen molar-refractivity contribution in [2.75, 3.05) is 7.11 Å². The molecule has 0 amide bonds. The first kappa shape index (κ1) is 24.6. The van der Waals surface area contributed by atoms with Crippen LogP contribution in [0.15, 0.2) is 97.2 Å². The van der Waals surface area contributed by atoms with Gasteiger partial charge in [0.1, 0.15) is 5.75 Å². The van der Waals surface area contributed by atoms with E-state index >= 15 is 0 Å². The predicted molar refractivity (Wildman–Crippen MR) is 141 cm³/mol. The third-order valence-electron chi connectivity index (χ3n) is 6.15. The highest BCUT2D eigenvalue weighted by Crippen LogP contribution is 2.38. The molecule has 3 aromatic carbocycles. The number of Topliss-reactive ketones (excluding diaryl/α,β-unsaturated/α-hetero) is 1. The van der Waals surface area contributed by atoms with Crippen LogP contribution in [0.5, 0.6) is 11.5 Å². The topological polar surface area (TPSA) is 74.1 Å². The number of rotatable bonds is 7. The molecule has 7 heteroatoms. The largest absolute Gasteiger partial charge is 0.465 e. The molecule has 6 nitrogen and oxygen atoms in total. The Kier molecular flexibility index (Phi) is 6.58. The van der Waals surface area contributed by atoms with E-state index in [0.29, 0.717) is 28.0 Å². The lowest BCUT2D eigenvalue weighted by molar-refractivity contribution is 0.0600.